The summed E-state index contributed by atoms with van der Waals surface area (Å²) < 4.78 is 21.6. The van der Waals surface area contributed by atoms with Gasteiger partial charge in [-0.05, 0) is 47.6 Å². The van der Waals surface area contributed by atoms with E-state index in [1.807, 2.05) is 0 Å². The van der Waals surface area contributed by atoms with E-state index in [1.165, 1.54) is 28.4 Å². The average Bonchev–Trinajstić information content (AvgIpc) is 2.77. The zero-order chi connectivity index (χ0) is 22.0. The molecule has 3 atom stereocenters. The van der Waals surface area contributed by atoms with Crippen LogP contribution in [0.4, 0.5) is 0 Å². The summed E-state index contributed by atoms with van der Waals surface area (Å²) in [7, 11) is 5.90. The van der Waals surface area contributed by atoms with Gasteiger partial charge in [0.1, 0.15) is 0 Å². The molecule has 2 aromatic rings. The summed E-state index contributed by atoms with van der Waals surface area (Å²) in [5.41, 5.74) is 2.45. The molecule has 0 radical (unpaired) electrons. The fraction of sp³-hybridized carbons (Fsp3) is 0.391. The van der Waals surface area contributed by atoms with Crippen molar-refractivity contribution in [2.24, 2.45) is 11.8 Å². The minimum Gasteiger partial charge on any atom is -0.502 e. The number of allylic oxidation sites excluding steroid dienone is 1. The lowest BCUT2D eigenvalue weighted by atomic mass is 9.66. The maximum Gasteiger partial charge on any atom is 0.201 e. The van der Waals surface area contributed by atoms with E-state index in [9.17, 15) is 15.3 Å². The number of hydrogen-bond acceptors (Lipinski definition) is 7. The zero-order valence-electron chi connectivity index (χ0n) is 17.6. The SMILES string of the molecule is C=C[C@H]1[C@H](CO)Cc2cc(OC)c(O)c(OC)c2[C@H]1c1cc(OC)c(O)c(OC)c1. The van der Waals surface area contributed by atoms with Gasteiger partial charge in [0, 0.05) is 18.1 Å². The summed E-state index contributed by atoms with van der Waals surface area (Å²) in [6.45, 7) is 3.96. The number of fused-ring (bicyclic) bond motifs is 1. The van der Waals surface area contributed by atoms with E-state index in [-0.39, 0.29) is 47.4 Å². The summed E-state index contributed by atoms with van der Waals surface area (Å²) in [5.74, 6) is 0.340. The van der Waals surface area contributed by atoms with Crippen LogP contribution in [0.25, 0.3) is 0 Å². The number of methoxy groups -OCH3 is 4. The number of aliphatic hydroxyl groups excluding tert-OH is 1. The quantitative estimate of drug-likeness (QED) is 0.596. The molecule has 3 rings (SSSR count). The summed E-state index contributed by atoms with van der Waals surface area (Å²) in [5, 5.41) is 31.2. The minimum absolute atomic E-state index is 0.0372. The second kappa shape index (κ2) is 8.75. The standard InChI is InChI=1S/C23H28O7/c1-6-15-14(11-24)7-12-8-18(29-4)22(26)23(30-5)20(12)19(15)13-9-16(27-2)21(25)17(10-13)28-3/h6,8-10,14-15,19,24-26H,1,7,11H2,2-5H3/t14-,15-,19-/m0/s1. The van der Waals surface area contributed by atoms with E-state index in [1.54, 1.807) is 24.3 Å². The first-order chi connectivity index (χ1) is 14.4. The highest BCUT2D eigenvalue weighted by atomic mass is 16.5. The van der Waals surface area contributed by atoms with Gasteiger partial charge >= 0.3 is 0 Å². The number of hydrogen-bond donors (Lipinski definition) is 3. The van der Waals surface area contributed by atoms with Crippen molar-refractivity contribution < 1.29 is 34.3 Å². The largest absolute Gasteiger partial charge is 0.502 e. The summed E-state index contributed by atoms with van der Waals surface area (Å²) in [6, 6.07) is 5.23. The first-order valence-corrected chi connectivity index (χ1v) is 9.60. The van der Waals surface area contributed by atoms with Crippen LogP contribution >= 0.6 is 0 Å². The number of aliphatic hydroxyl groups is 1. The van der Waals surface area contributed by atoms with Crippen molar-refractivity contribution in [2.75, 3.05) is 35.0 Å². The molecule has 0 bridgehead atoms. The molecular formula is C23H28O7. The van der Waals surface area contributed by atoms with Crippen LogP contribution in [0.2, 0.25) is 0 Å². The number of phenolic OH excluding ortho intramolecular Hbond substituents is 2. The normalized spacial score (nSPS) is 20.2. The molecule has 0 unspecified atom stereocenters. The van der Waals surface area contributed by atoms with Gasteiger partial charge in [-0.15, -0.1) is 6.58 Å². The molecule has 0 aromatic heterocycles. The Morgan fingerprint density at radius 2 is 1.50 bits per heavy atom. The Kier molecular flexibility index (Phi) is 6.31. The van der Waals surface area contributed by atoms with Crippen molar-refractivity contribution >= 4 is 0 Å². The third kappa shape index (κ3) is 3.39. The predicted octanol–water partition coefficient (Wildman–Crippen LogP) is 3.23. The molecule has 0 saturated carbocycles. The van der Waals surface area contributed by atoms with Crippen LogP contribution in [0, 0.1) is 11.8 Å². The van der Waals surface area contributed by atoms with Crippen molar-refractivity contribution in [3.63, 3.8) is 0 Å². The Labute approximate surface area is 176 Å². The fourth-order valence-corrected chi connectivity index (χ4v) is 4.44. The van der Waals surface area contributed by atoms with Gasteiger partial charge in [-0.2, -0.15) is 0 Å². The van der Waals surface area contributed by atoms with Gasteiger partial charge in [0.2, 0.25) is 11.5 Å². The van der Waals surface area contributed by atoms with Gasteiger partial charge in [-0.1, -0.05) is 6.08 Å². The molecule has 1 aliphatic carbocycles. The van der Waals surface area contributed by atoms with Gasteiger partial charge in [-0.25, -0.2) is 0 Å². The smallest absolute Gasteiger partial charge is 0.201 e. The monoisotopic (exact) mass is 416 g/mol. The van der Waals surface area contributed by atoms with Crippen molar-refractivity contribution in [2.45, 2.75) is 12.3 Å². The molecule has 7 nitrogen and oxygen atoms in total. The van der Waals surface area contributed by atoms with Crippen LogP contribution in [0.15, 0.2) is 30.9 Å². The van der Waals surface area contributed by atoms with Crippen LogP contribution in [0.1, 0.15) is 22.6 Å². The third-order valence-electron chi connectivity index (χ3n) is 5.86. The Balaban J connectivity index is 2.35. The number of rotatable bonds is 7. The van der Waals surface area contributed by atoms with Gasteiger partial charge in [0.25, 0.3) is 0 Å². The van der Waals surface area contributed by atoms with Crippen molar-refractivity contribution in [3.05, 3.63) is 47.5 Å². The van der Waals surface area contributed by atoms with Crippen LogP contribution in [0.3, 0.4) is 0 Å². The predicted molar refractivity (Wildman–Crippen MR) is 112 cm³/mol. The van der Waals surface area contributed by atoms with Gasteiger partial charge < -0.3 is 34.3 Å². The number of phenols is 2. The van der Waals surface area contributed by atoms with Crippen LogP contribution in [0.5, 0.6) is 34.5 Å². The van der Waals surface area contributed by atoms with Crippen LogP contribution in [-0.2, 0) is 6.42 Å². The molecule has 30 heavy (non-hydrogen) atoms. The van der Waals surface area contributed by atoms with E-state index in [0.717, 1.165) is 16.7 Å². The molecular weight excluding hydrogens is 388 g/mol. The molecule has 0 amide bonds. The van der Waals surface area contributed by atoms with Gasteiger partial charge in [0.15, 0.2) is 23.0 Å². The van der Waals surface area contributed by atoms with Crippen molar-refractivity contribution in [1.29, 1.82) is 0 Å². The van der Waals surface area contributed by atoms with E-state index < -0.39 is 0 Å². The second-order valence-corrected chi connectivity index (χ2v) is 7.25. The Bertz CT molecular complexity index is 913. The first kappa shape index (κ1) is 21.6. The Hall–Kier alpha value is -3.06. The second-order valence-electron chi connectivity index (χ2n) is 7.25. The molecule has 0 heterocycles. The van der Waals surface area contributed by atoms with Crippen molar-refractivity contribution in [3.8, 4) is 34.5 Å². The summed E-state index contributed by atoms with van der Waals surface area (Å²) in [4.78, 5) is 0. The van der Waals surface area contributed by atoms with E-state index in [2.05, 4.69) is 6.58 Å². The maximum absolute atomic E-state index is 10.7. The number of benzene rings is 2. The molecule has 0 aliphatic heterocycles. The average molecular weight is 416 g/mol. The molecule has 0 fully saturated rings. The summed E-state index contributed by atoms with van der Waals surface area (Å²) in [6.07, 6.45) is 2.37. The number of aromatic hydroxyl groups is 2. The lowest BCUT2D eigenvalue weighted by Crippen LogP contribution is -2.32. The molecule has 162 valence electrons. The van der Waals surface area contributed by atoms with Gasteiger partial charge in [-0.3, -0.25) is 0 Å². The Morgan fingerprint density at radius 3 is 1.97 bits per heavy atom. The lowest BCUT2D eigenvalue weighted by molar-refractivity contribution is 0.175. The molecule has 0 spiro atoms. The molecule has 7 heteroatoms. The van der Waals surface area contributed by atoms with E-state index in [4.69, 9.17) is 18.9 Å². The Morgan fingerprint density at radius 1 is 0.933 bits per heavy atom. The third-order valence-corrected chi connectivity index (χ3v) is 5.86. The minimum atomic E-state index is -0.335. The number of ether oxygens (including phenoxy) is 4. The maximum atomic E-state index is 10.7. The van der Waals surface area contributed by atoms with Crippen LogP contribution < -0.4 is 18.9 Å². The molecule has 1 aliphatic rings. The van der Waals surface area contributed by atoms with E-state index >= 15 is 0 Å². The fourth-order valence-electron chi connectivity index (χ4n) is 4.44. The van der Waals surface area contributed by atoms with E-state index in [0.29, 0.717) is 17.9 Å². The first-order valence-electron chi connectivity index (χ1n) is 9.60. The highest BCUT2D eigenvalue weighted by molar-refractivity contribution is 5.64. The highest BCUT2D eigenvalue weighted by Gasteiger charge is 2.40. The highest BCUT2D eigenvalue weighted by Crippen LogP contribution is 2.54. The lowest BCUT2D eigenvalue weighted by Gasteiger charge is -2.39. The van der Waals surface area contributed by atoms with Crippen LogP contribution in [-0.4, -0.2) is 50.4 Å². The topological polar surface area (TPSA) is 97.6 Å². The zero-order valence-corrected chi connectivity index (χ0v) is 17.6. The van der Waals surface area contributed by atoms with Crippen molar-refractivity contribution in [1.82, 2.24) is 0 Å². The molecule has 0 saturated heterocycles. The van der Waals surface area contributed by atoms with Gasteiger partial charge in [0.05, 0.1) is 28.4 Å². The summed E-state index contributed by atoms with van der Waals surface area (Å²) >= 11 is 0. The molecule has 3 N–H and O–H groups in total. The molecule has 2 aromatic carbocycles.